The summed E-state index contributed by atoms with van der Waals surface area (Å²) in [6, 6.07) is 4.18. The molecule has 0 spiro atoms. The molecule has 1 saturated heterocycles. The van der Waals surface area contributed by atoms with Crippen LogP contribution < -0.4 is 10.6 Å². The van der Waals surface area contributed by atoms with Crippen molar-refractivity contribution < 1.29 is 4.79 Å². The molecule has 1 aliphatic heterocycles. The Morgan fingerprint density at radius 1 is 1.50 bits per heavy atom. The van der Waals surface area contributed by atoms with E-state index in [4.69, 9.17) is 0 Å². The molecule has 1 unspecified atom stereocenters. The Morgan fingerprint density at radius 3 is 2.83 bits per heavy atom. The van der Waals surface area contributed by atoms with Crippen LogP contribution in [0.15, 0.2) is 18.3 Å². The molecule has 0 aromatic carbocycles. The van der Waals surface area contributed by atoms with Crippen LogP contribution in [-0.4, -0.2) is 30.0 Å². The lowest BCUT2D eigenvalue weighted by atomic mass is 10.1. The Kier molecular flexibility index (Phi) is 7.91. The van der Waals surface area contributed by atoms with Gasteiger partial charge in [0.15, 0.2) is 0 Å². The first-order valence-corrected chi connectivity index (χ1v) is 5.65. The van der Waals surface area contributed by atoms with Crippen molar-refractivity contribution >= 4 is 30.7 Å². The molecule has 2 N–H and O–H groups in total. The van der Waals surface area contributed by atoms with Crippen LogP contribution in [-0.2, 0) is 11.2 Å². The van der Waals surface area contributed by atoms with Crippen LogP contribution in [0.25, 0.3) is 0 Å². The molecular weight excluding hydrogens is 273 g/mol. The minimum Gasteiger partial charge on any atom is -0.352 e. The number of amides is 1. The van der Waals surface area contributed by atoms with E-state index in [0.717, 1.165) is 30.8 Å². The van der Waals surface area contributed by atoms with Crippen molar-refractivity contribution in [3.63, 3.8) is 0 Å². The van der Waals surface area contributed by atoms with E-state index >= 15 is 0 Å². The van der Waals surface area contributed by atoms with E-state index in [-0.39, 0.29) is 30.7 Å². The Bertz CT molecular complexity index is 364. The summed E-state index contributed by atoms with van der Waals surface area (Å²) in [5.41, 5.74) is 1.94. The molecule has 0 radical (unpaired) electrons. The fourth-order valence-corrected chi connectivity index (χ4v) is 1.84. The SMILES string of the molecule is Cc1ccc(CC(=O)NC2CCNC2)cn1.Cl.Cl. The van der Waals surface area contributed by atoms with Crippen LogP contribution in [0.3, 0.4) is 0 Å². The molecule has 1 aromatic heterocycles. The number of hydrogen-bond donors (Lipinski definition) is 2. The summed E-state index contributed by atoms with van der Waals surface area (Å²) in [7, 11) is 0. The number of aromatic nitrogens is 1. The molecule has 1 aromatic rings. The second-order valence-electron chi connectivity index (χ2n) is 4.24. The van der Waals surface area contributed by atoms with Crippen molar-refractivity contribution in [2.24, 2.45) is 0 Å². The smallest absolute Gasteiger partial charge is 0.224 e. The van der Waals surface area contributed by atoms with Gasteiger partial charge in [0.25, 0.3) is 0 Å². The fraction of sp³-hybridized carbons (Fsp3) is 0.500. The number of aryl methyl sites for hydroxylation is 1. The first kappa shape index (κ1) is 17.2. The minimum absolute atomic E-state index is 0. The van der Waals surface area contributed by atoms with E-state index in [1.165, 1.54) is 0 Å². The lowest BCUT2D eigenvalue weighted by molar-refractivity contribution is -0.121. The van der Waals surface area contributed by atoms with E-state index in [9.17, 15) is 4.79 Å². The van der Waals surface area contributed by atoms with Gasteiger partial charge in [0.05, 0.1) is 6.42 Å². The summed E-state index contributed by atoms with van der Waals surface area (Å²) in [6.07, 6.45) is 3.21. The zero-order valence-corrected chi connectivity index (χ0v) is 11.9. The first-order valence-electron chi connectivity index (χ1n) is 5.65. The summed E-state index contributed by atoms with van der Waals surface area (Å²) in [5.74, 6) is 0.0827. The Labute approximate surface area is 120 Å². The molecule has 1 aliphatic rings. The molecule has 18 heavy (non-hydrogen) atoms. The molecule has 0 saturated carbocycles. The van der Waals surface area contributed by atoms with E-state index in [0.29, 0.717) is 12.5 Å². The Morgan fingerprint density at radius 2 is 2.28 bits per heavy atom. The zero-order chi connectivity index (χ0) is 11.4. The average Bonchev–Trinajstić information content (AvgIpc) is 2.74. The van der Waals surface area contributed by atoms with Gasteiger partial charge < -0.3 is 10.6 Å². The summed E-state index contributed by atoms with van der Waals surface area (Å²) >= 11 is 0. The predicted molar refractivity (Wildman–Crippen MR) is 76.6 cm³/mol. The van der Waals surface area contributed by atoms with Crippen molar-refractivity contribution in [2.45, 2.75) is 25.8 Å². The van der Waals surface area contributed by atoms with Crippen molar-refractivity contribution in [1.29, 1.82) is 0 Å². The molecular formula is C12H19Cl2N3O. The normalized spacial score (nSPS) is 17.5. The van der Waals surface area contributed by atoms with E-state index in [1.807, 2.05) is 19.1 Å². The highest BCUT2D eigenvalue weighted by atomic mass is 35.5. The van der Waals surface area contributed by atoms with Crippen LogP contribution in [0.2, 0.25) is 0 Å². The maximum atomic E-state index is 11.7. The van der Waals surface area contributed by atoms with Crippen LogP contribution in [0.5, 0.6) is 0 Å². The maximum absolute atomic E-state index is 11.7. The van der Waals surface area contributed by atoms with Gasteiger partial charge in [-0.3, -0.25) is 9.78 Å². The van der Waals surface area contributed by atoms with Crippen LogP contribution >= 0.6 is 24.8 Å². The third-order valence-electron chi connectivity index (χ3n) is 2.76. The summed E-state index contributed by atoms with van der Waals surface area (Å²) < 4.78 is 0. The summed E-state index contributed by atoms with van der Waals surface area (Å²) in [6.45, 7) is 3.82. The highest BCUT2D eigenvalue weighted by Gasteiger charge is 2.16. The molecule has 0 aliphatic carbocycles. The topological polar surface area (TPSA) is 54.0 Å². The van der Waals surface area contributed by atoms with Crippen molar-refractivity contribution in [3.05, 3.63) is 29.6 Å². The van der Waals surface area contributed by atoms with Gasteiger partial charge in [-0.1, -0.05) is 6.07 Å². The number of hydrogen-bond acceptors (Lipinski definition) is 3. The highest BCUT2D eigenvalue weighted by Crippen LogP contribution is 2.02. The first-order chi connectivity index (χ1) is 7.74. The molecule has 6 heteroatoms. The molecule has 0 bridgehead atoms. The number of pyridine rings is 1. The second-order valence-corrected chi connectivity index (χ2v) is 4.24. The predicted octanol–water partition coefficient (Wildman–Crippen LogP) is 1.25. The molecule has 1 amide bonds. The Hall–Kier alpha value is -0.840. The van der Waals surface area contributed by atoms with Crippen LogP contribution in [0.4, 0.5) is 0 Å². The summed E-state index contributed by atoms with van der Waals surface area (Å²) in [4.78, 5) is 15.9. The number of carbonyl (C=O) groups is 1. The monoisotopic (exact) mass is 291 g/mol. The number of rotatable bonds is 3. The number of nitrogens with one attached hydrogen (secondary N) is 2. The molecule has 4 nitrogen and oxygen atoms in total. The van der Waals surface area contributed by atoms with Gasteiger partial charge in [-0.2, -0.15) is 0 Å². The molecule has 2 rings (SSSR count). The van der Waals surface area contributed by atoms with Crippen LogP contribution in [0.1, 0.15) is 17.7 Å². The van der Waals surface area contributed by atoms with Gasteiger partial charge in [0.2, 0.25) is 5.91 Å². The second kappa shape index (κ2) is 8.29. The van der Waals surface area contributed by atoms with Crippen molar-refractivity contribution in [1.82, 2.24) is 15.6 Å². The van der Waals surface area contributed by atoms with Gasteiger partial charge in [-0.15, -0.1) is 24.8 Å². The van der Waals surface area contributed by atoms with Gasteiger partial charge in [-0.05, 0) is 31.5 Å². The lowest BCUT2D eigenvalue weighted by Gasteiger charge is -2.10. The van der Waals surface area contributed by atoms with E-state index < -0.39 is 0 Å². The molecule has 1 atom stereocenters. The van der Waals surface area contributed by atoms with Crippen LogP contribution in [0, 0.1) is 6.92 Å². The van der Waals surface area contributed by atoms with Gasteiger partial charge in [0.1, 0.15) is 0 Å². The minimum atomic E-state index is 0. The largest absolute Gasteiger partial charge is 0.352 e. The van der Waals surface area contributed by atoms with Gasteiger partial charge in [0, 0.05) is 24.5 Å². The van der Waals surface area contributed by atoms with Gasteiger partial charge in [-0.25, -0.2) is 0 Å². The standard InChI is InChI=1S/C12H17N3O.2ClH/c1-9-2-3-10(7-14-9)6-12(16)15-11-4-5-13-8-11;;/h2-3,7,11,13H,4-6,8H2,1H3,(H,15,16);2*1H. The Balaban J connectivity index is 0.00000144. The van der Waals surface area contributed by atoms with Gasteiger partial charge >= 0.3 is 0 Å². The molecule has 102 valence electrons. The molecule has 2 heterocycles. The maximum Gasteiger partial charge on any atom is 0.224 e. The summed E-state index contributed by atoms with van der Waals surface area (Å²) in [5, 5.41) is 6.23. The molecule has 1 fully saturated rings. The third kappa shape index (κ3) is 5.21. The number of carbonyl (C=O) groups excluding carboxylic acids is 1. The van der Waals surface area contributed by atoms with Crippen molar-refractivity contribution in [3.8, 4) is 0 Å². The fourth-order valence-electron chi connectivity index (χ4n) is 1.84. The quantitative estimate of drug-likeness (QED) is 0.881. The highest BCUT2D eigenvalue weighted by molar-refractivity contribution is 5.85. The number of halogens is 2. The lowest BCUT2D eigenvalue weighted by Crippen LogP contribution is -2.37. The number of nitrogens with zero attached hydrogens (tertiary/aromatic N) is 1. The van der Waals surface area contributed by atoms with E-state index in [1.54, 1.807) is 6.20 Å². The zero-order valence-electron chi connectivity index (χ0n) is 10.3. The van der Waals surface area contributed by atoms with Crippen molar-refractivity contribution in [2.75, 3.05) is 13.1 Å². The average molecular weight is 292 g/mol. The third-order valence-corrected chi connectivity index (χ3v) is 2.76. The van der Waals surface area contributed by atoms with E-state index in [2.05, 4.69) is 15.6 Å².